The minimum atomic E-state index is -0.337. The first-order valence-corrected chi connectivity index (χ1v) is 11.2. The fourth-order valence-electron chi connectivity index (χ4n) is 6.92. The van der Waals surface area contributed by atoms with Crippen LogP contribution in [0.2, 0.25) is 0 Å². The van der Waals surface area contributed by atoms with E-state index in [0.717, 1.165) is 25.7 Å². The summed E-state index contributed by atoms with van der Waals surface area (Å²) in [5.74, 6) is 1.44. The zero-order chi connectivity index (χ0) is 19.9. The number of nitrogens with two attached hydrogens (primary N) is 1. The lowest BCUT2D eigenvalue weighted by atomic mass is 9.72. The van der Waals surface area contributed by atoms with Crippen LogP contribution < -0.4 is 5.73 Å². The molecule has 2 amide bonds. The molecule has 1 aromatic heterocycles. The number of hydrogen-bond donors (Lipinski definition) is 2. The molecule has 3 N–H and O–H groups in total. The summed E-state index contributed by atoms with van der Waals surface area (Å²) in [5, 5.41) is 1.34. The molecule has 0 radical (unpaired) electrons. The van der Waals surface area contributed by atoms with Gasteiger partial charge in [-0.25, -0.2) is 0 Å². The lowest BCUT2D eigenvalue weighted by molar-refractivity contribution is -0.141. The van der Waals surface area contributed by atoms with Crippen LogP contribution in [-0.4, -0.2) is 33.8 Å². The molecule has 0 spiro atoms. The smallest absolute Gasteiger partial charge is 0.223 e. The van der Waals surface area contributed by atoms with Crippen LogP contribution in [0.3, 0.4) is 0 Å². The molecule has 5 heteroatoms. The maximum absolute atomic E-state index is 13.4. The molecule has 5 fully saturated rings. The molecule has 4 bridgehead atoms. The third-order valence-electron chi connectivity index (χ3n) is 8.36. The molecule has 2 aromatic rings. The van der Waals surface area contributed by atoms with Gasteiger partial charge in [0.1, 0.15) is 0 Å². The maximum atomic E-state index is 13.4. The van der Waals surface area contributed by atoms with Gasteiger partial charge in [0.05, 0.1) is 5.41 Å². The van der Waals surface area contributed by atoms with Gasteiger partial charge >= 0.3 is 0 Å². The number of nitrogens with zero attached hydrogens (tertiary/aromatic N) is 1. The number of rotatable bonds is 5. The Balaban J connectivity index is 1.24. The molecule has 5 unspecified atom stereocenters. The van der Waals surface area contributed by atoms with Gasteiger partial charge in [0, 0.05) is 35.6 Å². The van der Waals surface area contributed by atoms with Crippen molar-refractivity contribution in [1.82, 2.24) is 9.88 Å². The third-order valence-corrected chi connectivity index (χ3v) is 8.36. The quantitative estimate of drug-likeness (QED) is 0.813. The van der Waals surface area contributed by atoms with Crippen LogP contribution >= 0.6 is 0 Å². The molecule has 5 nitrogen and oxygen atoms in total. The highest BCUT2D eigenvalue weighted by molar-refractivity contribution is 5.89. The van der Waals surface area contributed by atoms with Gasteiger partial charge in [0.15, 0.2) is 0 Å². The number of H-pyrrole nitrogens is 1. The van der Waals surface area contributed by atoms with E-state index >= 15 is 0 Å². The fraction of sp³-hybridized carbons (Fsp3) is 0.583. The molecule has 3 saturated carbocycles. The average Bonchev–Trinajstić information content (AvgIpc) is 3.32. The van der Waals surface area contributed by atoms with Crippen molar-refractivity contribution in [2.24, 2.45) is 17.1 Å². The van der Waals surface area contributed by atoms with Crippen LogP contribution in [0, 0.1) is 11.3 Å². The highest BCUT2D eigenvalue weighted by Crippen LogP contribution is 2.59. The van der Waals surface area contributed by atoms with E-state index in [1.54, 1.807) is 0 Å². The van der Waals surface area contributed by atoms with E-state index in [1.807, 2.05) is 0 Å². The van der Waals surface area contributed by atoms with Gasteiger partial charge in [-0.2, -0.15) is 0 Å². The molecule has 2 aliphatic heterocycles. The van der Waals surface area contributed by atoms with Crippen molar-refractivity contribution < 1.29 is 9.59 Å². The van der Waals surface area contributed by atoms with Crippen molar-refractivity contribution in [3.8, 4) is 0 Å². The van der Waals surface area contributed by atoms with Crippen molar-refractivity contribution in [3.63, 3.8) is 0 Å². The summed E-state index contributed by atoms with van der Waals surface area (Å²) >= 11 is 0. The molecular formula is C24H29N3O2. The number of primary amides is 1. The van der Waals surface area contributed by atoms with E-state index in [4.69, 9.17) is 5.73 Å². The van der Waals surface area contributed by atoms with Crippen molar-refractivity contribution in [2.75, 3.05) is 0 Å². The number of aromatic amines is 1. The van der Waals surface area contributed by atoms with Gasteiger partial charge < -0.3 is 15.6 Å². The van der Waals surface area contributed by atoms with Crippen molar-refractivity contribution in [3.05, 3.63) is 35.5 Å². The summed E-state index contributed by atoms with van der Waals surface area (Å²) in [5.41, 5.74) is 9.31. The molecule has 5 atom stereocenters. The first-order valence-electron chi connectivity index (χ1n) is 11.2. The fourth-order valence-corrected chi connectivity index (χ4v) is 6.92. The molecule has 152 valence electrons. The van der Waals surface area contributed by atoms with Crippen LogP contribution in [0.15, 0.2) is 24.4 Å². The number of amides is 2. The Kier molecular flexibility index (Phi) is 3.55. The Morgan fingerprint density at radius 1 is 1.28 bits per heavy atom. The maximum Gasteiger partial charge on any atom is 0.223 e. The van der Waals surface area contributed by atoms with Gasteiger partial charge in [0.2, 0.25) is 11.8 Å². The van der Waals surface area contributed by atoms with E-state index in [2.05, 4.69) is 41.2 Å². The number of carbonyl (C=O) groups excluding carboxylic acids is 2. The predicted octanol–water partition coefficient (Wildman–Crippen LogP) is 3.79. The second-order valence-electron chi connectivity index (χ2n) is 10.2. The van der Waals surface area contributed by atoms with Gasteiger partial charge in [-0.05, 0) is 73.5 Å². The van der Waals surface area contributed by atoms with Crippen LogP contribution in [0.4, 0.5) is 0 Å². The number of piperidine rings is 1. The number of carbonyl (C=O) groups is 2. The Morgan fingerprint density at radius 2 is 2.10 bits per heavy atom. The number of aromatic nitrogens is 1. The third kappa shape index (κ3) is 2.45. The monoisotopic (exact) mass is 391 g/mol. The Morgan fingerprint density at radius 3 is 2.83 bits per heavy atom. The summed E-state index contributed by atoms with van der Waals surface area (Å²) in [4.78, 5) is 31.0. The molecular weight excluding hydrogens is 362 g/mol. The Labute approximate surface area is 171 Å². The molecule has 2 saturated heterocycles. The lowest BCUT2D eigenvalue weighted by Gasteiger charge is -2.42. The van der Waals surface area contributed by atoms with Gasteiger partial charge in [0.25, 0.3) is 0 Å². The average molecular weight is 392 g/mol. The Bertz CT molecular complexity index is 1020. The van der Waals surface area contributed by atoms with E-state index in [1.165, 1.54) is 34.9 Å². The minimum Gasteiger partial charge on any atom is -0.369 e. The summed E-state index contributed by atoms with van der Waals surface area (Å²) in [6.45, 7) is 2.18. The molecule has 29 heavy (non-hydrogen) atoms. The van der Waals surface area contributed by atoms with E-state index < -0.39 is 0 Å². The highest BCUT2D eigenvalue weighted by atomic mass is 16.2. The number of benzene rings is 1. The van der Waals surface area contributed by atoms with Crippen LogP contribution in [0.1, 0.15) is 74.8 Å². The highest BCUT2D eigenvalue weighted by Gasteiger charge is 2.63. The summed E-state index contributed by atoms with van der Waals surface area (Å²) in [6, 6.07) is 6.97. The van der Waals surface area contributed by atoms with E-state index in [0.29, 0.717) is 18.3 Å². The largest absolute Gasteiger partial charge is 0.369 e. The number of fused-ring (bicyclic) bond motifs is 1. The molecule has 5 aliphatic rings. The number of hydrogen-bond acceptors (Lipinski definition) is 2. The second kappa shape index (κ2) is 5.87. The van der Waals surface area contributed by atoms with E-state index in [-0.39, 0.29) is 35.2 Å². The van der Waals surface area contributed by atoms with Gasteiger partial charge in [-0.1, -0.05) is 19.1 Å². The topological polar surface area (TPSA) is 79.2 Å². The molecule has 1 aromatic carbocycles. The lowest BCUT2D eigenvalue weighted by Crippen LogP contribution is -2.51. The van der Waals surface area contributed by atoms with Crippen molar-refractivity contribution in [1.29, 1.82) is 0 Å². The zero-order valence-corrected chi connectivity index (χ0v) is 17.0. The first kappa shape index (κ1) is 17.5. The molecule has 3 heterocycles. The van der Waals surface area contributed by atoms with Crippen molar-refractivity contribution in [2.45, 2.75) is 75.8 Å². The SMILES string of the molecule is CC(CC(=O)N1C2CC3CC(C(N)=O)(C2)CC31)c1c[nH]c2cccc(C3CC3)c12. The van der Waals surface area contributed by atoms with Crippen LogP contribution in [0.5, 0.6) is 0 Å². The minimum absolute atomic E-state index is 0.151. The summed E-state index contributed by atoms with van der Waals surface area (Å²) in [6.07, 6.45) is 8.69. The molecule has 7 rings (SSSR count). The summed E-state index contributed by atoms with van der Waals surface area (Å²) in [7, 11) is 0. The predicted molar refractivity (Wildman–Crippen MR) is 111 cm³/mol. The van der Waals surface area contributed by atoms with E-state index in [9.17, 15) is 9.59 Å². The number of nitrogens with one attached hydrogen (secondary N) is 1. The van der Waals surface area contributed by atoms with Crippen molar-refractivity contribution >= 4 is 22.7 Å². The Hall–Kier alpha value is -2.30. The van der Waals surface area contributed by atoms with Gasteiger partial charge in [-0.15, -0.1) is 0 Å². The van der Waals surface area contributed by atoms with Gasteiger partial charge in [-0.3, -0.25) is 9.59 Å². The summed E-state index contributed by atoms with van der Waals surface area (Å²) < 4.78 is 0. The molecule has 3 aliphatic carbocycles. The van der Waals surface area contributed by atoms with Crippen LogP contribution in [0.25, 0.3) is 10.9 Å². The van der Waals surface area contributed by atoms with Crippen LogP contribution in [-0.2, 0) is 9.59 Å². The zero-order valence-electron chi connectivity index (χ0n) is 17.0. The normalized spacial score (nSPS) is 33.6. The first-order chi connectivity index (χ1) is 14.0. The second-order valence-corrected chi connectivity index (χ2v) is 10.2. The standard InChI is InChI=1S/C24H29N3O2/c1-13(18-12-26-19-4-2-3-17(22(18)19)14-5-6-14)7-21(28)27-16-8-15-9-24(10-16,23(25)29)11-20(15)27/h2-4,12-16,20,26H,5-11H2,1H3,(H2,25,29).